The van der Waals surface area contributed by atoms with E-state index in [2.05, 4.69) is 10.2 Å². The van der Waals surface area contributed by atoms with Crippen molar-refractivity contribution >= 4 is 11.9 Å². The smallest absolute Gasteiger partial charge is 0.317 e. The minimum Gasteiger partial charge on any atom is -0.480 e. The van der Waals surface area contributed by atoms with E-state index in [1.165, 1.54) is 12.1 Å². The predicted molar refractivity (Wildman–Crippen MR) is 92.6 cm³/mol. The van der Waals surface area contributed by atoms with Gasteiger partial charge in [-0.3, -0.25) is 19.4 Å². The van der Waals surface area contributed by atoms with Gasteiger partial charge in [-0.2, -0.15) is 0 Å². The van der Waals surface area contributed by atoms with Crippen molar-refractivity contribution in [1.82, 2.24) is 15.1 Å². The average molecular weight is 351 g/mol. The summed E-state index contributed by atoms with van der Waals surface area (Å²) in [5.74, 6) is -1.15. The van der Waals surface area contributed by atoms with Gasteiger partial charge >= 0.3 is 5.97 Å². The van der Waals surface area contributed by atoms with Crippen molar-refractivity contribution in [2.75, 3.05) is 32.7 Å². The lowest BCUT2D eigenvalue weighted by Crippen LogP contribution is -2.48. The summed E-state index contributed by atoms with van der Waals surface area (Å²) in [6.07, 6.45) is 1.73. The molecule has 1 aromatic carbocycles. The second-order valence-electron chi connectivity index (χ2n) is 6.37. The number of nitrogens with one attached hydrogen (secondary N) is 1. The maximum absolute atomic E-state index is 12.8. The quantitative estimate of drug-likeness (QED) is 0.739. The molecule has 1 amide bonds. The molecule has 0 radical (unpaired) electrons. The van der Waals surface area contributed by atoms with Crippen molar-refractivity contribution < 1.29 is 19.1 Å². The lowest BCUT2D eigenvalue weighted by atomic mass is 10.0. The highest BCUT2D eigenvalue weighted by Crippen LogP contribution is 2.16. The minimum absolute atomic E-state index is 0.0549. The molecular weight excluding hydrogens is 325 g/mol. The van der Waals surface area contributed by atoms with Gasteiger partial charge in [0, 0.05) is 25.7 Å². The van der Waals surface area contributed by atoms with Crippen LogP contribution in [0.3, 0.4) is 0 Å². The SMILES string of the molecule is CCN(CC(=O)O)C1CCN(CC(=O)NCc2ccc(F)cc2)CC1. The van der Waals surface area contributed by atoms with Crippen molar-refractivity contribution in [2.45, 2.75) is 32.4 Å². The average Bonchev–Trinajstić information content (AvgIpc) is 2.60. The second-order valence-corrected chi connectivity index (χ2v) is 6.37. The van der Waals surface area contributed by atoms with Crippen LogP contribution in [0.4, 0.5) is 4.39 Å². The van der Waals surface area contributed by atoms with E-state index in [0.717, 1.165) is 38.0 Å². The number of carboxylic acid groups (broad SMARTS) is 1. The number of piperidine rings is 1. The van der Waals surface area contributed by atoms with Gasteiger partial charge in [0.25, 0.3) is 0 Å². The number of likely N-dealkylation sites (tertiary alicyclic amines) is 1. The fraction of sp³-hybridized carbons (Fsp3) is 0.556. The molecular formula is C18H26FN3O3. The summed E-state index contributed by atoms with van der Waals surface area (Å²) in [4.78, 5) is 27.0. The third-order valence-electron chi connectivity index (χ3n) is 4.59. The van der Waals surface area contributed by atoms with Crippen molar-refractivity contribution in [2.24, 2.45) is 0 Å². The molecule has 1 heterocycles. The normalized spacial score (nSPS) is 16.1. The summed E-state index contributed by atoms with van der Waals surface area (Å²) < 4.78 is 12.8. The molecule has 0 aliphatic carbocycles. The van der Waals surface area contributed by atoms with Crippen LogP contribution in [-0.2, 0) is 16.1 Å². The highest BCUT2D eigenvalue weighted by Gasteiger charge is 2.25. The highest BCUT2D eigenvalue weighted by molar-refractivity contribution is 5.78. The largest absolute Gasteiger partial charge is 0.480 e. The molecule has 1 fully saturated rings. The number of carbonyl (C=O) groups is 2. The first-order valence-corrected chi connectivity index (χ1v) is 8.67. The molecule has 0 unspecified atom stereocenters. The van der Waals surface area contributed by atoms with Crippen LogP contribution in [0.2, 0.25) is 0 Å². The fourth-order valence-corrected chi connectivity index (χ4v) is 3.18. The first-order chi connectivity index (χ1) is 12.0. The number of rotatable bonds is 8. The molecule has 138 valence electrons. The van der Waals surface area contributed by atoms with Crippen LogP contribution in [0.1, 0.15) is 25.3 Å². The van der Waals surface area contributed by atoms with E-state index in [9.17, 15) is 14.0 Å². The molecule has 6 nitrogen and oxygen atoms in total. The molecule has 0 aromatic heterocycles. The molecule has 0 spiro atoms. The number of amides is 1. The van der Waals surface area contributed by atoms with Gasteiger partial charge in [-0.25, -0.2) is 4.39 Å². The van der Waals surface area contributed by atoms with Gasteiger partial charge in [0.2, 0.25) is 5.91 Å². The summed E-state index contributed by atoms with van der Waals surface area (Å²) in [6.45, 7) is 5.04. The molecule has 7 heteroatoms. The molecule has 0 bridgehead atoms. The van der Waals surface area contributed by atoms with E-state index in [-0.39, 0.29) is 24.3 Å². The molecule has 1 aromatic rings. The van der Waals surface area contributed by atoms with Crippen LogP contribution >= 0.6 is 0 Å². The number of aliphatic carboxylic acids is 1. The third kappa shape index (κ3) is 6.43. The minimum atomic E-state index is -0.801. The number of halogens is 1. The summed E-state index contributed by atoms with van der Waals surface area (Å²) in [7, 11) is 0. The number of nitrogens with zero attached hydrogens (tertiary/aromatic N) is 2. The van der Waals surface area contributed by atoms with Crippen molar-refractivity contribution in [1.29, 1.82) is 0 Å². The van der Waals surface area contributed by atoms with Crippen molar-refractivity contribution in [3.05, 3.63) is 35.6 Å². The van der Waals surface area contributed by atoms with Gasteiger partial charge in [0.15, 0.2) is 0 Å². The first-order valence-electron chi connectivity index (χ1n) is 8.67. The standard InChI is InChI=1S/C18H26FN3O3/c1-2-22(13-18(24)25)16-7-9-21(10-8-16)12-17(23)20-11-14-3-5-15(19)6-4-14/h3-6,16H,2,7-13H2,1H3,(H,20,23)(H,24,25). The summed E-state index contributed by atoms with van der Waals surface area (Å²) in [6, 6.07) is 6.33. The molecule has 1 saturated heterocycles. The molecule has 2 rings (SSSR count). The highest BCUT2D eigenvalue weighted by atomic mass is 19.1. The summed E-state index contributed by atoms with van der Waals surface area (Å²) >= 11 is 0. The van der Waals surface area contributed by atoms with Gasteiger partial charge in [-0.05, 0) is 37.1 Å². The summed E-state index contributed by atoms with van der Waals surface area (Å²) in [5.41, 5.74) is 0.862. The lowest BCUT2D eigenvalue weighted by Gasteiger charge is -2.37. The molecule has 25 heavy (non-hydrogen) atoms. The van der Waals surface area contributed by atoms with Crippen LogP contribution in [0.15, 0.2) is 24.3 Å². The Bertz CT molecular complexity index is 571. The van der Waals surface area contributed by atoms with Crippen LogP contribution in [0.25, 0.3) is 0 Å². The van der Waals surface area contributed by atoms with E-state index in [1.54, 1.807) is 12.1 Å². The maximum Gasteiger partial charge on any atom is 0.317 e. The summed E-state index contributed by atoms with van der Waals surface area (Å²) in [5, 5.41) is 11.8. The zero-order valence-corrected chi connectivity index (χ0v) is 14.6. The Morgan fingerprint density at radius 3 is 2.48 bits per heavy atom. The second kappa shape index (κ2) is 9.48. The number of benzene rings is 1. The van der Waals surface area contributed by atoms with E-state index in [1.807, 2.05) is 11.8 Å². The third-order valence-corrected chi connectivity index (χ3v) is 4.59. The van der Waals surface area contributed by atoms with Crippen LogP contribution in [-0.4, -0.2) is 65.5 Å². The topological polar surface area (TPSA) is 72.9 Å². The van der Waals surface area contributed by atoms with E-state index in [4.69, 9.17) is 5.11 Å². The number of carboxylic acids is 1. The first kappa shape index (κ1) is 19.3. The monoisotopic (exact) mass is 351 g/mol. The van der Waals surface area contributed by atoms with Crippen LogP contribution in [0.5, 0.6) is 0 Å². The van der Waals surface area contributed by atoms with Crippen molar-refractivity contribution in [3.8, 4) is 0 Å². The van der Waals surface area contributed by atoms with Crippen LogP contribution < -0.4 is 5.32 Å². The Morgan fingerprint density at radius 2 is 1.92 bits per heavy atom. The van der Waals surface area contributed by atoms with Gasteiger partial charge in [-0.1, -0.05) is 19.1 Å². The Hall–Kier alpha value is -1.99. The number of carbonyl (C=O) groups excluding carboxylic acids is 1. The predicted octanol–water partition coefficient (Wildman–Crippen LogP) is 1.31. The molecule has 2 N–H and O–H groups in total. The molecule has 1 aliphatic heterocycles. The Morgan fingerprint density at radius 1 is 1.28 bits per heavy atom. The molecule has 1 aliphatic rings. The van der Waals surface area contributed by atoms with Gasteiger partial charge in [0.1, 0.15) is 5.82 Å². The van der Waals surface area contributed by atoms with E-state index < -0.39 is 5.97 Å². The Labute approximate surface area is 147 Å². The zero-order valence-electron chi connectivity index (χ0n) is 14.6. The molecule has 0 atom stereocenters. The maximum atomic E-state index is 12.8. The van der Waals surface area contributed by atoms with Gasteiger partial charge < -0.3 is 10.4 Å². The van der Waals surface area contributed by atoms with E-state index >= 15 is 0 Å². The fourth-order valence-electron chi connectivity index (χ4n) is 3.18. The van der Waals surface area contributed by atoms with Gasteiger partial charge in [0.05, 0.1) is 13.1 Å². The number of likely N-dealkylation sites (N-methyl/N-ethyl adjacent to an activating group) is 1. The zero-order chi connectivity index (χ0) is 18.2. The van der Waals surface area contributed by atoms with Gasteiger partial charge in [-0.15, -0.1) is 0 Å². The number of hydrogen-bond acceptors (Lipinski definition) is 4. The molecule has 0 saturated carbocycles. The number of hydrogen-bond donors (Lipinski definition) is 2. The van der Waals surface area contributed by atoms with Crippen LogP contribution in [0, 0.1) is 5.82 Å². The lowest BCUT2D eigenvalue weighted by molar-refractivity contribution is -0.139. The Balaban J connectivity index is 1.71. The van der Waals surface area contributed by atoms with Crippen molar-refractivity contribution in [3.63, 3.8) is 0 Å². The van der Waals surface area contributed by atoms with E-state index in [0.29, 0.717) is 13.1 Å². The Kier molecular flexibility index (Phi) is 7.33.